The van der Waals surface area contributed by atoms with Gasteiger partial charge in [-0.05, 0) is 36.4 Å². The smallest absolute Gasteiger partial charge is 0.283 e. The van der Waals surface area contributed by atoms with E-state index in [0.29, 0.717) is 17.0 Å². The highest BCUT2D eigenvalue weighted by molar-refractivity contribution is 7.98. The predicted octanol–water partition coefficient (Wildman–Crippen LogP) is 3.29. The van der Waals surface area contributed by atoms with Gasteiger partial charge in [0, 0.05) is 17.1 Å². The fourth-order valence-corrected chi connectivity index (χ4v) is 2.23. The van der Waals surface area contributed by atoms with Crippen molar-refractivity contribution in [1.29, 1.82) is 0 Å². The van der Waals surface area contributed by atoms with Crippen molar-refractivity contribution < 1.29 is 13.2 Å². The molecule has 0 aliphatic carbocycles. The molecule has 0 aromatic heterocycles. The van der Waals surface area contributed by atoms with Crippen molar-refractivity contribution in [3.8, 4) is 0 Å². The molecule has 1 nitrogen and oxygen atoms in total. The van der Waals surface area contributed by atoms with Crippen LogP contribution in [-0.2, 0) is 6.42 Å². The zero-order chi connectivity index (χ0) is 11.1. The van der Waals surface area contributed by atoms with Gasteiger partial charge in [0.2, 0.25) is 0 Å². The molecular formula is C10H10F3NS. The average molecular weight is 233 g/mol. The van der Waals surface area contributed by atoms with E-state index < -0.39 is 6.30 Å². The molecule has 1 aromatic rings. The Morgan fingerprint density at radius 3 is 2.67 bits per heavy atom. The first-order chi connectivity index (χ1) is 7.02. The van der Waals surface area contributed by atoms with Crippen LogP contribution in [0.1, 0.15) is 5.56 Å². The number of nitrogens with zero attached hydrogens (tertiary/aromatic N) is 1. The highest BCUT2D eigenvalue weighted by atomic mass is 32.2. The third-order valence-corrected chi connectivity index (χ3v) is 3.21. The quantitative estimate of drug-likeness (QED) is 0.541. The third kappa shape index (κ3) is 1.93. The first-order valence-electron chi connectivity index (χ1n) is 4.53. The number of thioether (sulfide) groups is 1. The van der Waals surface area contributed by atoms with Gasteiger partial charge in [-0.3, -0.25) is 4.90 Å². The van der Waals surface area contributed by atoms with E-state index in [2.05, 4.69) is 0 Å². The lowest BCUT2D eigenvalue weighted by Gasteiger charge is -2.22. The molecule has 0 saturated carbocycles. The van der Waals surface area contributed by atoms with E-state index in [1.807, 2.05) is 12.3 Å². The summed E-state index contributed by atoms with van der Waals surface area (Å²) in [4.78, 5) is 1.52. The molecule has 15 heavy (non-hydrogen) atoms. The highest BCUT2D eigenvalue weighted by Crippen LogP contribution is 2.37. The fraction of sp³-hybridized carbons (Fsp3) is 0.400. The van der Waals surface area contributed by atoms with Crippen molar-refractivity contribution in [1.82, 2.24) is 0 Å². The molecule has 5 heteroatoms. The van der Waals surface area contributed by atoms with Crippen molar-refractivity contribution in [3.63, 3.8) is 0 Å². The Morgan fingerprint density at radius 1 is 1.33 bits per heavy atom. The van der Waals surface area contributed by atoms with Gasteiger partial charge >= 0.3 is 6.30 Å². The molecule has 0 radical (unpaired) electrons. The second-order valence-electron chi connectivity index (χ2n) is 3.36. The summed E-state index contributed by atoms with van der Waals surface area (Å²) in [5.74, 6) is 0. The monoisotopic (exact) mass is 233 g/mol. The maximum Gasteiger partial charge on any atom is 0.484 e. The summed E-state index contributed by atoms with van der Waals surface area (Å²) in [6.45, 7) is 0.0384. The van der Waals surface area contributed by atoms with E-state index in [9.17, 15) is 13.2 Å². The Kier molecular flexibility index (Phi) is 2.58. The fourth-order valence-electron chi connectivity index (χ4n) is 1.77. The molecule has 0 saturated heterocycles. The number of benzene rings is 1. The number of rotatable bonds is 1. The van der Waals surface area contributed by atoms with Gasteiger partial charge in [-0.2, -0.15) is 13.2 Å². The van der Waals surface area contributed by atoms with Gasteiger partial charge in [0.1, 0.15) is 0 Å². The molecule has 82 valence electrons. The Morgan fingerprint density at radius 2 is 2.07 bits per heavy atom. The number of hydrogen-bond donors (Lipinski definition) is 0. The summed E-state index contributed by atoms with van der Waals surface area (Å²) in [5.41, 5.74) is 1.10. The summed E-state index contributed by atoms with van der Waals surface area (Å²) in [6, 6.07) is 5.13. The SMILES string of the molecule is CSc1ccc2c(c1)CCN2C(F)(F)F. The number of anilines is 1. The minimum atomic E-state index is -4.26. The molecule has 0 spiro atoms. The van der Waals surface area contributed by atoms with Gasteiger partial charge in [-0.1, -0.05) is 0 Å². The molecule has 1 aromatic carbocycles. The van der Waals surface area contributed by atoms with Crippen LogP contribution in [-0.4, -0.2) is 19.1 Å². The molecule has 1 heterocycles. The van der Waals surface area contributed by atoms with Crippen molar-refractivity contribution >= 4 is 17.4 Å². The maximum atomic E-state index is 12.5. The second kappa shape index (κ2) is 3.63. The summed E-state index contributed by atoms with van der Waals surface area (Å²) < 4.78 is 37.6. The van der Waals surface area contributed by atoms with Crippen LogP contribution in [0, 0.1) is 0 Å². The van der Waals surface area contributed by atoms with Gasteiger partial charge in [0.05, 0.1) is 0 Å². The number of alkyl halides is 3. The van der Waals surface area contributed by atoms with E-state index in [-0.39, 0.29) is 6.54 Å². The van der Waals surface area contributed by atoms with Crippen molar-refractivity contribution in [2.75, 3.05) is 17.7 Å². The predicted molar refractivity (Wildman–Crippen MR) is 55.3 cm³/mol. The normalized spacial score (nSPS) is 15.6. The van der Waals surface area contributed by atoms with E-state index in [4.69, 9.17) is 0 Å². The Balaban J connectivity index is 2.36. The number of halogens is 3. The molecule has 1 aliphatic rings. The zero-order valence-electron chi connectivity index (χ0n) is 8.14. The van der Waals surface area contributed by atoms with E-state index in [0.717, 1.165) is 10.5 Å². The van der Waals surface area contributed by atoms with Gasteiger partial charge in [0.25, 0.3) is 0 Å². The molecule has 0 atom stereocenters. The van der Waals surface area contributed by atoms with Crippen LogP contribution in [0.5, 0.6) is 0 Å². The van der Waals surface area contributed by atoms with Gasteiger partial charge in [-0.15, -0.1) is 11.8 Å². The Labute approximate surface area is 90.3 Å². The van der Waals surface area contributed by atoms with Gasteiger partial charge in [0.15, 0.2) is 0 Å². The molecule has 1 aliphatic heterocycles. The van der Waals surface area contributed by atoms with Crippen LogP contribution in [0.4, 0.5) is 18.9 Å². The van der Waals surface area contributed by atoms with Crippen LogP contribution in [0.2, 0.25) is 0 Å². The lowest BCUT2D eigenvalue weighted by molar-refractivity contribution is -0.127. The standard InChI is InChI=1S/C10H10F3NS/c1-15-8-2-3-9-7(6-8)4-5-14(9)10(11,12)13/h2-3,6H,4-5H2,1H3. The first-order valence-corrected chi connectivity index (χ1v) is 5.76. The summed E-state index contributed by atoms with van der Waals surface area (Å²) in [6.07, 6.45) is -1.87. The minimum absolute atomic E-state index is 0.0384. The van der Waals surface area contributed by atoms with Crippen LogP contribution < -0.4 is 4.90 Å². The molecule has 0 fully saturated rings. The largest absolute Gasteiger partial charge is 0.484 e. The number of hydrogen-bond acceptors (Lipinski definition) is 2. The van der Waals surface area contributed by atoms with Crippen LogP contribution in [0.3, 0.4) is 0 Å². The van der Waals surface area contributed by atoms with Gasteiger partial charge in [-0.25, -0.2) is 0 Å². The lowest BCUT2D eigenvalue weighted by atomic mass is 10.2. The molecule has 0 bridgehead atoms. The second-order valence-corrected chi connectivity index (χ2v) is 4.24. The zero-order valence-corrected chi connectivity index (χ0v) is 8.95. The molecule has 0 unspecified atom stereocenters. The van der Waals surface area contributed by atoms with Crippen LogP contribution in [0.25, 0.3) is 0 Å². The Bertz CT molecular complexity index is 375. The molecular weight excluding hydrogens is 223 g/mol. The van der Waals surface area contributed by atoms with Crippen molar-refractivity contribution in [3.05, 3.63) is 23.8 Å². The minimum Gasteiger partial charge on any atom is -0.283 e. The molecule has 0 amide bonds. The lowest BCUT2D eigenvalue weighted by Crippen LogP contribution is -2.36. The van der Waals surface area contributed by atoms with Crippen molar-refractivity contribution in [2.45, 2.75) is 17.6 Å². The van der Waals surface area contributed by atoms with E-state index in [1.54, 1.807) is 23.9 Å². The third-order valence-electron chi connectivity index (χ3n) is 2.49. The van der Waals surface area contributed by atoms with Crippen molar-refractivity contribution in [2.24, 2.45) is 0 Å². The molecule has 2 rings (SSSR count). The van der Waals surface area contributed by atoms with E-state index in [1.165, 1.54) is 0 Å². The average Bonchev–Trinajstić information content (AvgIpc) is 2.59. The maximum absolute atomic E-state index is 12.5. The van der Waals surface area contributed by atoms with Crippen LogP contribution >= 0.6 is 11.8 Å². The number of fused-ring (bicyclic) bond motifs is 1. The van der Waals surface area contributed by atoms with E-state index >= 15 is 0 Å². The van der Waals surface area contributed by atoms with Gasteiger partial charge < -0.3 is 0 Å². The van der Waals surface area contributed by atoms with Crippen LogP contribution in [0.15, 0.2) is 23.1 Å². The Hall–Kier alpha value is -0.840. The summed E-state index contributed by atoms with van der Waals surface area (Å²) in [5, 5.41) is 0. The topological polar surface area (TPSA) is 3.24 Å². The first kappa shape index (κ1) is 10.7. The molecule has 0 N–H and O–H groups in total. The summed E-state index contributed by atoms with van der Waals surface area (Å²) >= 11 is 1.54. The summed E-state index contributed by atoms with van der Waals surface area (Å²) in [7, 11) is 0. The highest BCUT2D eigenvalue weighted by Gasteiger charge is 2.40.